The first-order valence-electron chi connectivity index (χ1n) is 4.12. The van der Waals surface area contributed by atoms with E-state index < -0.39 is 5.09 Å². The zero-order chi connectivity index (χ0) is 12.1. The van der Waals surface area contributed by atoms with Gasteiger partial charge in [-0.2, -0.15) is 0 Å². The van der Waals surface area contributed by atoms with Gasteiger partial charge in [0.15, 0.2) is 11.9 Å². The van der Waals surface area contributed by atoms with Crippen LogP contribution in [0.1, 0.15) is 0 Å². The van der Waals surface area contributed by atoms with E-state index in [2.05, 4.69) is 4.98 Å². The number of fused-ring (bicyclic) bond motifs is 1. The Kier molecular flexibility index (Phi) is 3.84. The van der Waals surface area contributed by atoms with Crippen LogP contribution in [0.25, 0.3) is 10.9 Å². The molecule has 0 bridgehead atoms. The summed E-state index contributed by atoms with van der Waals surface area (Å²) < 4.78 is 0. The molecule has 0 atom stereocenters. The molecule has 0 spiro atoms. The summed E-state index contributed by atoms with van der Waals surface area (Å²) >= 11 is 5.90. The summed E-state index contributed by atoms with van der Waals surface area (Å²) in [5.41, 5.74) is 0.671. The third-order valence-corrected chi connectivity index (χ3v) is 2.09. The number of halogens is 1. The fourth-order valence-electron chi connectivity index (χ4n) is 1.17. The number of aromatic nitrogens is 1. The number of hydrogen-bond donors (Lipinski definition) is 1. The molecule has 0 saturated heterocycles. The summed E-state index contributed by atoms with van der Waals surface area (Å²) in [6.45, 7) is 0. The standard InChI is InChI=1S/C9H6ClNO.NO3/c10-7-3-4-8(12)9-6(7)2-1-5-11-9;2-1(3)4/h1-5,12H;/q;-1/p+1. The van der Waals surface area contributed by atoms with Crippen molar-refractivity contribution in [2.24, 2.45) is 0 Å². The molecule has 0 aliphatic heterocycles. The van der Waals surface area contributed by atoms with Crippen LogP contribution in [0.5, 0.6) is 5.75 Å². The molecule has 0 aliphatic carbocycles. The average Bonchev–Trinajstić information content (AvgIpc) is 2.23. The summed E-state index contributed by atoms with van der Waals surface area (Å²) in [6.07, 6.45) is 1.75. The summed E-state index contributed by atoms with van der Waals surface area (Å²) in [5, 5.41) is 25.6. The van der Waals surface area contributed by atoms with Crippen molar-refractivity contribution in [1.82, 2.24) is 0 Å². The van der Waals surface area contributed by atoms with Gasteiger partial charge in [0.25, 0.3) is 5.52 Å². The second-order valence-corrected chi connectivity index (χ2v) is 3.16. The van der Waals surface area contributed by atoms with Crippen molar-refractivity contribution < 1.29 is 15.2 Å². The van der Waals surface area contributed by atoms with E-state index in [1.165, 1.54) is 0 Å². The molecule has 2 aromatic rings. The van der Waals surface area contributed by atoms with E-state index in [4.69, 9.17) is 26.9 Å². The largest absolute Gasteiger partial charge is 0.502 e. The van der Waals surface area contributed by atoms with Gasteiger partial charge in [-0.05, 0) is 18.2 Å². The minimum atomic E-state index is -1.75. The number of pyridine rings is 1. The van der Waals surface area contributed by atoms with Crippen molar-refractivity contribution in [3.63, 3.8) is 0 Å². The zero-order valence-corrected chi connectivity index (χ0v) is 8.64. The lowest BCUT2D eigenvalue weighted by Crippen LogP contribution is -2.01. The van der Waals surface area contributed by atoms with Crippen LogP contribution in [0.4, 0.5) is 0 Å². The Morgan fingerprint density at radius 3 is 2.50 bits per heavy atom. The van der Waals surface area contributed by atoms with E-state index >= 15 is 0 Å². The molecule has 0 aliphatic rings. The highest BCUT2D eigenvalue weighted by atomic mass is 35.5. The molecule has 0 unspecified atom stereocenters. The fourth-order valence-corrected chi connectivity index (χ4v) is 1.39. The highest BCUT2D eigenvalue weighted by Crippen LogP contribution is 2.26. The van der Waals surface area contributed by atoms with Crippen molar-refractivity contribution in [3.05, 3.63) is 50.8 Å². The second kappa shape index (κ2) is 5.13. The maximum Gasteiger partial charge on any atom is 0.254 e. The van der Waals surface area contributed by atoms with Crippen molar-refractivity contribution in [1.29, 1.82) is 0 Å². The number of benzene rings is 1. The first-order chi connectivity index (χ1) is 7.52. The Morgan fingerprint density at radius 2 is 1.94 bits per heavy atom. The molecule has 0 saturated carbocycles. The molecule has 84 valence electrons. The maximum absolute atomic E-state index is 9.41. The molecule has 2 rings (SSSR count). The fraction of sp³-hybridized carbons (Fsp3) is 0. The Hall–Kier alpha value is -2.08. The number of nitrogens with one attached hydrogen (secondary N) is 1. The number of aromatic hydroxyl groups is 1. The van der Waals surface area contributed by atoms with Gasteiger partial charge in [-0.3, -0.25) is 0 Å². The van der Waals surface area contributed by atoms with Crippen LogP contribution in [0.3, 0.4) is 0 Å². The number of phenols is 1. The van der Waals surface area contributed by atoms with E-state index in [1.807, 2.05) is 12.1 Å². The summed E-state index contributed by atoms with van der Waals surface area (Å²) in [4.78, 5) is 11.2. The van der Waals surface area contributed by atoms with E-state index in [1.54, 1.807) is 18.3 Å². The predicted molar refractivity (Wildman–Crippen MR) is 57.5 cm³/mol. The van der Waals surface area contributed by atoms with E-state index in [9.17, 15) is 5.11 Å². The number of aromatic amines is 1. The molecular weight excluding hydrogens is 236 g/mol. The van der Waals surface area contributed by atoms with Crippen molar-refractivity contribution >= 4 is 22.5 Å². The first kappa shape index (κ1) is 12.0. The van der Waals surface area contributed by atoms with Gasteiger partial charge in [0.1, 0.15) is 0 Å². The second-order valence-electron chi connectivity index (χ2n) is 2.75. The number of hydrogen-bond acceptors (Lipinski definition) is 4. The number of nitrogens with zero attached hydrogens (tertiary/aromatic N) is 1. The highest BCUT2D eigenvalue weighted by Gasteiger charge is 2.07. The van der Waals surface area contributed by atoms with Crippen molar-refractivity contribution in [3.8, 4) is 5.75 Å². The van der Waals surface area contributed by atoms with Gasteiger partial charge in [0.2, 0.25) is 0 Å². The maximum atomic E-state index is 9.41. The summed E-state index contributed by atoms with van der Waals surface area (Å²) in [7, 11) is 0. The van der Waals surface area contributed by atoms with Gasteiger partial charge < -0.3 is 20.4 Å². The Bertz CT molecular complexity index is 473. The lowest BCUT2D eigenvalue weighted by Gasteiger charge is -1.95. The van der Waals surface area contributed by atoms with Crippen LogP contribution in [0, 0.1) is 15.3 Å². The first-order valence-corrected chi connectivity index (χ1v) is 4.49. The minimum absolute atomic E-state index is 0.218. The number of phenolic OH excluding ortho intramolecular Hbond substituents is 1. The number of H-pyrrole nitrogens is 1. The van der Waals surface area contributed by atoms with Crippen LogP contribution in [0.2, 0.25) is 5.02 Å². The summed E-state index contributed by atoms with van der Waals surface area (Å²) in [6, 6.07) is 6.94. The topological polar surface area (TPSA) is 101 Å². The van der Waals surface area contributed by atoms with E-state index in [0.29, 0.717) is 10.5 Å². The molecule has 1 aromatic carbocycles. The Labute approximate surface area is 94.8 Å². The van der Waals surface area contributed by atoms with Gasteiger partial charge in [-0.25, -0.2) is 4.98 Å². The molecular formula is C9H7ClN2O4. The third-order valence-electron chi connectivity index (χ3n) is 1.76. The molecule has 1 heterocycles. The Morgan fingerprint density at radius 1 is 1.31 bits per heavy atom. The average molecular weight is 243 g/mol. The molecule has 7 heteroatoms. The SMILES string of the molecule is O=[N+]([O-])[O-].Oc1ccc(Cl)c2ccc[nH+]c12. The molecule has 6 nitrogen and oxygen atoms in total. The van der Waals surface area contributed by atoms with Gasteiger partial charge in [0.05, 0.1) is 15.5 Å². The van der Waals surface area contributed by atoms with Gasteiger partial charge >= 0.3 is 0 Å². The van der Waals surface area contributed by atoms with Crippen molar-refractivity contribution in [2.75, 3.05) is 0 Å². The summed E-state index contributed by atoms with van der Waals surface area (Å²) in [5.74, 6) is 0.218. The zero-order valence-electron chi connectivity index (χ0n) is 7.88. The molecule has 16 heavy (non-hydrogen) atoms. The third kappa shape index (κ3) is 2.96. The molecule has 2 N–H and O–H groups in total. The van der Waals surface area contributed by atoms with Crippen LogP contribution in [-0.2, 0) is 0 Å². The normalized spacial score (nSPS) is 9.31. The molecule has 0 radical (unpaired) electrons. The van der Waals surface area contributed by atoms with E-state index in [0.717, 1.165) is 5.39 Å². The van der Waals surface area contributed by atoms with Gasteiger partial charge in [-0.15, -0.1) is 0 Å². The van der Waals surface area contributed by atoms with Crippen LogP contribution in [0.15, 0.2) is 30.5 Å². The monoisotopic (exact) mass is 242 g/mol. The lowest BCUT2D eigenvalue weighted by atomic mass is 10.2. The minimum Gasteiger partial charge on any atom is -0.502 e. The van der Waals surface area contributed by atoms with Crippen LogP contribution in [-0.4, -0.2) is 10.2 Å². The highest BCUT2D eigenvalue weighted by molar-refractivity contribution is 6.35. The van der Waals surface area contributed by atoms with Crippen LogP contribution < -0.4 is 4.98 Å². The molecule has 0 amide bonds. The molecule has 1 aromatic heterocycles. The van der Waals surface area contributed by atoms with Gasteiger partial charge in [0, 0.05) is 6.07 Å². The smallest absolute Gasteiger partial charge is 0.254 e. The van der Waals surface area contributed by atoms with Crippen molar-refractivity contribution in [2.45, 2.75) is 0 Å². The number of rotatable bonds is 0. The molecule has 0 fully saturated rings. The van der Waals surface area contributed by atoms with Crippen LogP contribution >= 0.6 is 11.6 Å². The predicted octanol–water partition coefficient (Wildman–Crippen LogP) is 1.77. The van der Waals surface area contributed by atoms with E-state index in [-0.39, 0.29) is 5.75 Å². The van der Waals surface area contributed by atoms with Gasteiger partial charge in [-0.1, -0.05) is 11.6 Å². The Balaban J connectivity index is 0.000000280. The lowest BCUT2D eigenvalue weighted by molar-refractivity contribution is -0.402. The quantitative estimate of drug-likeness (QED) is 0.562.